The van der Waals surface area contributed by atoms with E-state index in [1.54, 1.807) is 0 Å². The smallest absolute Gasteiger partial charge is 0.169 e. The molecule has 1 unspecified atom stereocenters. The van der Waals surface area contributed by atoms with Gasteiger partial charge in [-0.3, -0.25) is 0 Å². The molecular formula is C51H36N4S. The average molecular weight is 737 g/mol. The highest BCUT2D eigenvalue weighted by atomic mass is 32.1. The Morgan fingerprint density at radius 2 is 1.25 bits per heavy atom. The van der Waals surface area contributed by atoms with Crippen molar-refractivity contribution >= 4 is 65.0 Å². The van der Waals surface area contributed by atoms with Gasteiger partial charge < -0.3 is 9.88 Å². The van der Waals surface area contributed by atoms with E-state index in [4.69, 9.17) is 9.98 Å². The summed E-state index contributed by atoms with van der Waals surface area (Å²) in [5, 5.41) is 8.73. The second-order valence-corrected chi connectivity index (χ2v) is 15.5. The summed E-state index contributed by atoms with van der Waals surface area (Å²) in [7, 11) is 0. The van der Waals surface area contributed by atoms with Crippen molar-refractivity contribution < 1.29 is 0 Å². The lowest BCUT2D eigenvalue weighted by atomic mass is 9.96. The van der Waals surface area contributed by atoms with Gasteiger partial charge in [0.25, 0.3) is 0 Å². The number of hydrogen-bond donors (Lipinski definition) is 1. The van der Waals surface area contributed by atoms with E-state index >= 15 is 0 Å². The van der Waals surface area contributed by atoms with Crippen LogP contribution in [0.15, 0.2) is 198 Å². The minimum absolute atomic E-state index is 0.422. The van der Waals surface area contributed by atoms with Crippen LogP contribution in [0.25, 0.3) is 69.9 Å². The summed E-state index contributed by atoms with van der Waals surface area (Å²) in [6.45, 7) is 0. The molecule has 1 aliphatic carbocycles. The minimum Gasteiger partial charge on any atom is -0.324 e. The molecule has 1 aliphatic heterocycles. The first-order chi connectivity index (χ1) is 27.8. The van der Waals surface area contributed by atoms with Gasteiger partial charge in [0.05, 0.1) is 11.0 Å². The molecule has 0 amide bonds. The Labute approximate surface area is 329 Å². The summed E-state index contributed by atoms with van der Waals surface area (Å²) < 4.78 is 5.06. The third-order valence-corrected chi connectivity index (χ3v) is 12.2. The number of thiophene rings is 1. The number of allylic oxidation sites excluding steroid dienone is 2. The summed E-state index contributed by atoms with van der Waals surface area (Å²) in [5.41, 5.74) is 11.4. The lowest BCUT2D eigenvalue weighted by Crippen LogP contribution is -2.36. The molecule has 7 aromatic carbocycles. The van der Waals surface area contributed by atoms with E-state index in [-0.39, 0.29) is 0 Å². The fraction of sp³-hybridized carbons (Fsp3) is 0.0588. The Kier molecular flexibility index (Phi) is 7.85. The topological polar surface area (TPSA) is 41.7 Å². The molecule has 0 radical (unpaired) electrons. The van der Waals surface area contributed by atoms with Gasteiger partial charge in [-0.2, -0.15) is 0 Å². The summed E-state index contributed by atoms with van der Waals surface area (Å²) in [6.07, 6.45) is 8.31. The van der Waals surface area contributed by atoms with Gasteiger partial charge in [0.1, 0.15) is 11.7 Å². The molecule has 2 aliphatic rings. The Hall–Kier alpha value is -6.82. The highest BCUT2D eigenvalue weighted by Gasteiger charge is 2.24. The molecule has 1 N–H and O–H groups in total. The number of nitrogens with one attached hydrogen (secondary N) is 1. The number of amidine groups is 2. The first-order valence-electron chi connectivity index (χ1n) is 19.3. The average Bonchev–Trinajstić information content (AvgIpc) is 3.82. The summed E-state index contributed by atoms with van der Waals surface area (Å²) >= 11 is 1.86. The SMILES string of the molecule is C1=CC(C2=NC(c3cccc(-c4cccc5c4c4ccccc4n5-c4ccc5sc6ccccc6c5c4)c3)N=C(c3ccccc3-c3ccccc3)N2)=CCC1. The second-order valence-electron chi connectivity index (χ2n) is 14.5. The normalized spacial score (nSPS) is 15.6. The molecule has 0 saturated heterocycles. The van der Waals surface area contributed by atoms with E-state index in [9.17, 15) is 0 Å². The lowest BCUT2D eigenvalue weighted by molar-refractivity contribution is 0.755. The largest absolute Gasteiger partial charge is 0.324 e. The number of nitrogens with zero attached hydrogens (tertiary/aromatic N) is 3. The fourth-order valence-electron chi connectivity index (χ4n) is 8.49. The standard InChI is InChI=1S/C51H36N4S/c1-3-15-33(16-4-1)38-21-7-8-23-41(38)51-53-49(34-17-5-2-6-18-34)52-50(54-51)36-20-13-19-35(31-36)39-25-14-27-45-48(39)42-24-9-11-26-44(42)55(45)37-29-30-47-43(32-37)40-22-10-12-28-46(40)56-47/h1,3-5,7-32,50H,2,6H2,(H,52,53,54). The molecule has 0 bridgehead atoms. The van der Waals surface area contributed by atoms with E-state index in [0.717, 1.165) is 57.9 Å². The number of hydrogen-bond acceptors (Lipinski definition) is 4. The van der Waals surface area contributed by atoms with E-state index in [0.29, 0.717) is 0 Å². The Morgan fingerprint density at radius 3 is 2.14 bits per heavy atom. The van der Waals surface area contributed by atoms with Gasteiger partial charge in [-0.15, -0.1) is 11.3 Å². The zero-order chi connectivity index (χ0) is 37.0. The molecule has 3 heterocycles. The van der Waals surface area contributed by atoms with Gasteiger partial charge in [-0.25, -0.2) is 9.98 Å². The Bertz CT molecular complexity index is 3120. The van der Waals surface area contributed by atoms with Crippen LogP contribution in [0, 0.1) is 0 Å². The van der Waals surface area contributed by atoms with Gasteiger partial charge in [-0.05, 0) is 83.1 Å². The Balaban J connectivity index is 1.06. The number of benzene rings is 7. The number of aromatic nitrogens is 1. The van der Waals surface area contributed by atoms with Crippen LogP contribution in [0.2, 0.25) is 0 Å². The zero-order valence-corrected chi connectivity index (χ0v) is 31.4. The maximum atomic E-state index is 5.35. The molecule has 9 aromatic rings. The summed E-state index contributed by atoms with van der Waals surface area (Å²) in [6, 6.07) is 59.0. The first-order valence-corrected chi connectivity index (χ1v) is 20.1. The maximum Gasteiger partial charge on any atom is 0.169 e. The predicted octanol–water partition coefficient (Wildman–Crippen LogP) is 13.2. The quantitative estimate of drug-likeness (QED) is 0.181. The molecule has 4 nitrogen and oxygen atoms in total. The van der Waals surface area contributed by atoms with Gasteiger partial charge in [0.15, 0.2) is 6.17 Å². The van der Waals surface area contributed by atoms with E-state index < -0.39 is 6.17 Å². The van der Waals surface area contributed by atoms with Crippen LogP contribution in [-0.2, 0) is 0 Å². The molecule has 56 heavy (non-hydrogen) atoms. The van der Waals surface area contributed by atoms with Crippen molar-refractivity contribution in [3.05, 3.63) is 199 Å². The van der Waals surface area contributed by atoms with Gasteiger partial charge in [0, 0.05) is 47.8 Å². The van der Waals surface area contributed by atoms with Crippen LogP contribution >= 0.6 is 11.3 Å². The lowest BCUT2D eigenvalue weighted by Gasteiger charge is -2.25. The van der Waals surface area contributed by atoms with Crippen LogP contribution in [-0.4, -0.2) is 16.2 Å². The monoisotopic (exact) mass is 736 g/mol. The highest BCUT2D eigenvalue weighted by molar-refractivity contribution is 7.25. The molecule has 266 valence electrons. The van der Waals surface area contributed by atoms with Crippen molar-refractivity contribution in [2.45, 2.75) is 19.0 Å². The first kappa shape index (κ1) is 32.6. The highest BCUT2D eigenvalue weighted by Crippen LogP contribution is 2.41. The van der Waals surface area contributed by atoms with E-state index in [1.807, 2.05) is 11.3 Å². The number of para-hydroxylation sites is 1. The van der Waals surface area contributed by atoms with Crippen molar-refractivity contribution in [1.29, 1.82) is 0 Å². The Morgan fingerprint density at radius 1 is 0.536 bits per heavy atom. The fourth-order valence-corrected chi connectivity index (χ4v) is 9.58. The molecule has 0 fully saturated rings. The molecule has 11 rings (SSSR count). The van der Waals surface area contributed by atoms with Gasteiger partial charge in [0.2, 0.25) is 0 Å². The molecule has 0 saturated carbocycles. The van der Waals surface area contributed by atoms with Crippen LogP contribution in [0.5, 0.6) is 0 Å². The van der Waals surface area contributed by atoms with Crippen LogP contribution in [0.3, 0.4) is 0 Å². The second kappa shape index (κ2) is 13.5. The van der Waals surface area contributed by atoms with Crippen LogP contribution < -0.4 is 5.32 Å². The van der Waals surface area contributed by atoms with Crippen molar-refractivity contribution in [2.75, 3.05) is 0 Å². The van der Waals surface area contributed by atoms with E-state index in [2.05, 4.69) is 192 Å². The van der Waals surface area contributed by atoms with Crippen molar-refractivity contribution in [2.24, 2.45) is 9.98 Å². The maximum absolute atomic E-state index is 5.35. The van der Waals surface area contributed by atoms with Crippen molar-refractivity contribution in [1.82, 2.24) is 9.88 Å². The molecule has 0 spiro atoms. The third kappa shape index (κ3) is 5.51. The molecule has 1 atom stereocenters. The van der Waals surface area contributed by atoms with Crippen molar-refractivity contribution in [3.8, 4) is 27.9 Å². The minimum atomic E-state index is -0.422. The number of rotatable bonds is 6. The molecular weight excluding hydrogens is 701 g/mol. The van der Waals surface area contributed by atoms with Crippen LogP contribution in [0.4, 0.5) is 0 Å². The van der Waals surface area contributed by atoms with Gasteiger partial charge in [-0.1, -0.05) is 140 Å². The zero-order valence-electron chi connectivity index (χ0n) is 30.6. The van der Waals surface area contributed by atoms with Crippen LogP contribution in [0.1, 0.15) is 30.1 Å². The summed E-state index contributed by atoms with van der Waals surface area (Å²) in [5.74, 6) is 1.68. The van der Waals surface area contributed by atoms with E-state index in [1.165, 1.54) is 53.2 Å². The summed E-state index contributed by atoms with van der Waals surface area (Å²) in [4.78, 5) is 10.6. The molecule has 2 aromatic heterocycles. The van der Waals surface area contributed by atoms with Gasteiger partial charge >= 0.3 is 0 Å². The third-order valence-electron chi connectivity index (χ3n) is 11.1. The molecule has 5 heteroatoms. The van der Waals surface area contributed by atoms with Crippen molar-refractivity contribution in [3.63, 3.8) is 0 Å². The number of fused-ring (bicyclic) bond motifs is 6. The number of aliphatic imine (C=N–C) groups is 2. The predicted molar refractivity (Wildman–Crippen MR) is 237 cm³/mol.